The average Bonchev–Trinajstić information content (AvgIpc) is 2.98. The van der Waals surface area contributed by atoms with Crippen LogP contribution in [-0.2, 0) is 20.3 Å². The predicted molar refractivity (Wildman–Crippen MR) is 124 cm³/mol. The molecule has 30 heavy (non-hydrogen) atoms. The molecule has 0 radical (unpaired) electrons. The van der Waals surface area contributed by atoms with Crippen LogP contribution in [0.3, 0.4) is 0 Å². The summed E-state index contributed by atoms with van der Waals surface area (Å²) in [6, 6.07) is 12.4. The summed E-state index contributed by atoms with van der Waals surface area (Å²) in [6.07, 6.45) is 5.39. The molecule has 0 aliphatic heterocycles. The molecule has 0 N–H and O–H groups in total. The smallest absolute Gasteiger partial charge is 0.310 e. The Morgan fingerprint density at radius 3 is 2.57 bits per heavy atom. The highest BCUT2D eigenvalue weighted by atomic mass is 79.9. The van der Waals surface area contributed by atoms with Gasteiger partial charge in [-0.1, -0.05) is 40.2 Å². The number of fused-ring (bicyclic) bond motifs is 1. The molecule has 158 valence electrons. The average molecular weight is 491 g/mol. The maximum atomic E-state index is 14.7. The summed E-state index contributed by atoms with van der Waals surface area (Å²) in [6.45, 7) is 2.28. The van der Waals surface area contributed by atoms with Crippen LogP contribution < -0.4 is 0 Å². The highest BCUT2D eigenvalue weighted by Crippen LogP contribution is 2.44. The van der Waals surface area contributed by atoms with E-state index in [1.54, 1.807) is 12.3 Å². The van der Waals surface area contributed by atoms with E-state index < -0.39 is 10.8 Å². The standard InChI is InChI=1S/C24H24BrFO3S/c1-16-20(14-17-8-10-18(11-9-17)30(2)28)19-6-5-7-22(26)24(19)21(16)15-23(27)29-13-4-3-12-25/h5-11,14H,3-4,12-13,15H2,1-2H3. The molecule has 0 aromatic heterocycles. The number of allylic oxidation sites excluding steroid dienone is 2. The first-order valence-corrected chi connectivity index (χ1v) is 12.5. The molecule has 2 aromatic rings. The molecule has 0 amide bonds. The first-order valence-electron chi connectivity index (χ1n) is 9.78. The van der Waals surface area contributed by atoms with Crippen molar-refractivity contribution < 1.29 is 18.1 Å². The topological polar surface area (TPSA) is 43.4 Å². The van der Waals surface area contributed by atoms with E-state index in [4.69, 9.17) is 4.74 Å². The van der Waals surface area contributed by atoms with Gasteiger partial charge in [0.05, 0.1) is 13.0 Å². The van der Waals surface area contributed by atoms with Crippen molar-refractivity contribution in [1.82, 2.24) is 0 Å². The molecule has 0 bridgehead atoms. The van der Waals surface area contributed by atoms with Gasteiger partial charge in [-0.05, 0) is 71.9 Å². The number of rotatable bonds is 8. The van der Waals surface area contributed by atoms with Crippen molar-refractivity contribution in [2.75, 3.05) is 18.2 Å². The van der Waals surface area contributed by atoms with Crippen molar-refractivity contribution in [3.63, 3.8) is 0 Å². The monoisotopic (exact) mass is 490 g/mol. The zero-order valence-corrected chi connectivity index (χ0v) is 19.4. The van der Waals surface area contributed by atoms with Gasteiger partial charge in [-0.15, -0.1) is 0 Å². The van der Waals surface area contributed by atoms with Gasteiger partial charge in [-0.25, -0.2) is 4.39 Å². The number of benzene rings is 2. The van der Waals surface area contributed by atoms with E-state index in [0.717, 1.165) is 45.3 Å². The van der Waals surface area contributed by atoms with E-state index >= 15 is 0 Å². The Bertz CT molecular complexity index is 1030. The number of hydrogen-bond donors (Lipinski definition) is 0. The fourth-order valence-electron chi connectivity index (χ4n) is 3.51. The minimum Gasteiger partial charge on any atom is -0.465 e. The van der Waals surface area contributed by atoms with Gasteiger partial charge in [-0.3, -0.25) is 9.00 Å². The number of carbonyl (C=O) groups is 1. The summed E-state index contributed by atoms with van der Waals surface area (Å²) in [7, 11) is -1.04. The van der Waals surface area contributed by atoms with Gasteiger partial charge in [-0.2, -0.15) is 0 Å². The zero-order chi connectivity index (χ0) is 21.7. The molecular formula is C24H24BrFO3S. The molecular weight excluding hydrogens is 467 g/mol. The van der Waals surface area contributed by atoms with Crippen LogP contribution in [0.25, 0.3) is 17.2 Å². The van der Waals surface area contributed by atoms with Crippen LogP contribution >= 0.6 is 15.9 Å². The lowest BCUT2D eigenvalue weighted by atomic mass is 10.0. The van der Waals surface area contributed by atoms with E-state index in [0.29, 0.717) is 17.7 Å². The first kappa shape index (κ1) is 22.6. The number of alkyl halides is 1. The molecule has 6 heteroatoms. The molecule has 1 unspecified atom stereocenters. The lowest BCUT2D eigenvalue weighted by molar-refractivity contribution is -0.142. The highest BCUT2D eigenvalue weighted by Gasteiger charge is 2.28. The maximum absolute atomic E-state index is 14.7. The number of carbonyl (C=O) groups excluding carboxylic acids is 1. The van der Waals surface area contributed by atoms with Crippen LogP contribution in [0.2, 0.25) is 0 Å². The van der Waals surface area contributed by atoms with Crippen LogP contribution in [0.5, 0.6) is 0 Å². The Kier molecular flexibility index (Phi) is 7.78. The van der Waals surface area contributed by atoms with E-state index in [1.165, 1.54) is 6.07 Å². The highest BCUT2D eigenvalue weighted by molar-refractivity contribution is 9.09. The van der Waals surface area contributed by atoms with Gasteiger partial charge in [0.1, 0.15) is 5.82 Å². The van der Waals surface area contributed by atoms with E-state index in [2.05, 4.69) is 15.9 Å². The fraction of sp³-hybridized carbons (Fsp3) is 0.292. The predicted octanol–water partition coefficient (Wildman–Crippen LogP) is 6.00. The van der Waals surface area contributed by atoms with Crippen molar-refractivity contribution >= 4 is 49.9 Å². The van der Waals surface area contributed by atoms with E-state index in [1.807, 2.05) is 43.3 Å². The lowest BCUT2D eigenvalue weighted by Crippen LogP contribution is -2.07. The van der Waals surface area contributed by atoms with Crippen LogP contribution in [0.15, 0.2) is 52.9 Å². The molecule has 1 aliphatic carbocycles. The van der Waals surface area contributed by atoms with Gasteiger partial charge in [0.15, 0.2) is 0 Å². The second-order valence-corrected chi connectivity index (χ2v) is 9.31. The Balaban J connectivity index is 1.91. The van der Waals surface area contributed by atoms with Crippen molar-refractivity contribution in [1.29, 1.82) is 0 Å². The van der Waals surface area contributed by atoms with Crippen LogP contribution in [-0.4, -0.2) is 28.4 Å². The second kappa shape index (κ2) is 10.3. The molecule has 3 nitrogen and oxygen atoms in total. The van der Waals surface area contributed by atoms with Crippen LogP contribution in [0.1, 0.15) is 42.9 Å². The van der Waals surface area contributed by atoms with Crippen LogP contribution in [0, 0.1) is 5.82 Å². The van der Waals surface area contributed by atoms with Gasteiger partial charge >= 0.3 is 5.97 Å². The summed E-state index contributed by atoms with van der Waals surface area (Å²) < 4.78 is 31.7. The van der Waals surface area contributed by atoms with Crippen molar-refractivity contribution in [3.8, 4) is 0 Å². The number of halogens is 2. The Morgan fingerprint density at radius 1 is 1.17 bits per heavy atom. The number of esters is 1. The van der Waals surface area contributed by atoms with E-state index in [9.17, 15) is 13.4 Å². The van der Waals surface area contributed by atoms with Gasteiger partial charge in [0, 0.05) is 32.8 Å². The summed E-state index contributed by atoms with van der Waals surface area (Å²) in [5.74, 6) is -0.682. The quantitative estimate of drug-likeness (QED) is 0.259. The number of ether oxygens (including phenoxy) is 1. The normalized spacial score (nSPS) is 15.4. The SMILES string of the molecule is CC1=C(CC(=O)OCCCCBr)c2c(F)cccc2C1=Cc1ccc(S(C)=O)cc1. The number of unbranched alkanes of at least 4 members (excludes halogenated alkanes) is 1. The Labute approximate surface area is 187 Å². The third-order valence-corrected chi connectivity index (χ3v) is 6.59. The Morgan fingerprint density at radius 2 is 1.90 bits per heavy atom. The molecule has 2 aromatic carbocycles. The summed E-state index contributed by atoms with van der Waals surface area (Å²) in [5, 5.41) is 0.872. The third kappa shape index (κ3) is 5.16. The molecule has 1 aliphatic rings. The van der Waals surface area contributed by atoms with Crippen molar-refractivity contribution in [2.24, 2.45) is 0 Å². The lowest BCUT2D eigenvalue weighted by Gasteiger charge is -2.08. The van der Waals surface area contributed by atoms with Gasteiger partial charge in [0.25, 0.3) is 0 Å². The minimum atomic E-state index is -1.04. The fourth-order valence-corrected chi connectivity index (χ4v) is 4.43. The second-order valence-electron chi connectivity index (χ2n) is 7.14. The maximum Gasteiger partial charge on any atom is 0.310 e. The molecule has 0 spiro atoms. The summed E-state index contributed by atoms with van der Waals surface area (Å²) in [4.78, 5) is 13.1. The van der Waals surface area contributed by atoms with Gasteiger partial charge in [0.2, 0.25) is 0 Å². The van der Waals surface area contributed by atoms with Crippen molar-refractivity contribution in [3.05, 3.63) is 70.5 Å². The summed E-state index contributed by atoms with van der Waals surface area (Å²) >= 11 is 3.36. The van der Waals surface area contributed by atoms with Crippen LogP contribution in [0.4, 0.5) is 4.39 Å². The molecule has 3 rings (SSSR count). The molecule has 0 saturated heterocycles. The number of hydrogen-bond acceptors (Lipinski definition) is 3. The summed E-state index contributed by atoms with van der Waals surface area (Å²) in [5.41, 5.74) is 4.61. The van der Waals surface area contributed by atoms with Gasteiger partial charge < -0.3 is 4.74 Å². The molecule has 0 fully saturated rings. The minimum absolute atomic E-state index is 0.0408. The molecule has 0 saturated carbocycles. The third-order valence-electron chi connectivity index (χ3n) is 5.10. The first-order chi connectivity index (χ1) is 14.4. The molecule has 0 heterocycles. The van der Waals surface area contributed by atoms with E-state index in [-0.39, 0.29) is 18.2 Å². The zero-order valence-electron chi connectivity index (χ0n) is 17.0. The molecule has 1 atom stereocenters. The Hall–Kier alpha value is -2.05. The van der Waals surface area contributed by atoms with Crippen molar-refractivity contribution in [2.45, 2.75) is 31.1 Å². The largest absolute Gasteiger partial charge is 0.465 e.